The topological polar surface area (TPSA) is 75.8 Å². The van der Waals surface area contributed by atoms with Crippen LogP contribution in [0.4, 0.5) is 0 Å². The second-order valence-electron chi connectivity index (χ2n) is 7.54. The number of carbonyl (C=O) groups excluding carboxylic acids is 1. The van der Waals surface area contributed by atoms with Crippen LogP contribution in [0.5, 0.6) is 5.75 Å². The lowest BCUT2D eigenvalue weighted by Gasteiger charge is -2.35. The summed E-state index contributed by atoms with van der Waals surface area (Å²) in [5.74, 6) is 1.46. The first-order chi connectivity index (χ1) is 11.4. The number of nitrogens with two attached hydrogens (primary N) is 1. The summed E-state index contributed by atoms with van der Waals surface area (Å²) in [7, 11) is 0. The summed E-state index contributed by atoms with van der Waals surface area (Å²) in [5, 5.41) is 11.1. The summed E-state index contributed by atoms with van der Waals surface area (Å²) in [4.78, 5) is 14.4. The molecule has 0 aromatic heterocycles. The zero-order valence-electron chi connectivity index (χ0n) is 13.9. The first kappa shape index (κ1) is 18.8. The number of benzene rings is 1. The first-order valence-corrected chi connectivity index (χ1v) is 9.01. The Balaban J connectivity index is 0.00000182. The molecule has 4 atom stereocenters. The van der Waals surface area contributed by atoms with Crippen LogP contribution in [0.1, 0.15) is 25.7 Å². The Morgan fingerprint density at radius 1 is 1.28 bits per heavy atom. The van der Waals surface area contributed by atoms with E-state index >= 15 is 0 Å². The van der Waals surface area contributed by atoms with Gasteiger partial charge in [-0.3, -0.25) is 4.79 Å². The van der Waals surface area contributed by atoms with E-state index in [4.69, 9.17) is 22.1 Å². The van der Waals surface area contributed by atoms with Crippen LogP contribution >= 0.6 is 24.0 Å². The maximum atomic E-state index is 12.5. The van der Waals surface area contributed by atoms with Crippen molar-refractivity contribution in [2.45, 2.75) is 43.4 Å². The summed E-state index contributed by atoms with van der Waals surface area (Å²) >= 11 is 5.99. The normalized spacial score (nSPS) is 32.5. The Hall–Kier alpha value is -1.01. The van der Waals surface area contributed by atoms with Gasteiger partial charge in [0.1, 0.15) is 11.9 Å². The minimum absolute atomic E-state index is 0. The molecule has 1 aromatic rings. The van der Waals surface area contributed by atoms with E-state index in [9.17, 15) is 9.90 Å². The van der Waals surface area contributed by atoms with Crippen LogP contribution in [-0.2, 0) is 4.79 Å². The molecule has 1 aromatic carbocycles. The van der Waals surface area contributed by atoms with Gasteiger partial charge in [-0.1, -0.05) is 17.7 Å². The second kappa shape index (κ2) is 6.95. The summed E-state index contributed by atoms with van der Waals surface area (Å²) in [6, 6.07) is 7.24. The van der Waals surface area contributed by atoms with Crippen LogP contribution in [0.2, 0.25) is 5.02 Å². The number of likely N-dealkylation sites (tertiary alicyclic amines) is 1. The largest absolute Gasteiger partial charge is 0.488 e. The molecule has 1 saturated heterocycles. The molecule has 1 heterocycles. The minimum Gasteiger partial charge on any atom is -0.488 e. The zero-order valence-corrected chi connectivity index (χ0v) is 15.5. The highest BCUT2D eigenvalue weighted by atomic mass is 35.5. The molecule has 5 nitrogen and oxygen atoms in total. The Bertz CT molecular complexity index is 653. The summed E-state index contributed by atoms with van der Waals surface area (Å²) in [6.45, 7) is 1.44. The molecule has 3 aliphatic rings. The molecule has 0 unspecified atom stereocenters. The van der Waals surface area contributed by atoms with Gasteiger partial charge in [0.15, 0.2) is 0 Å². The van der Waals surface area contributed by atoms with Gasteiger partial charge >= 0.3 is 0 Å². The van der Waals surface area contributed by atoms with Crippen LogP contribution in [0.3, 0.4) is 0 Å². The lowest BCUT2D eigenvalue weighted by molar-refractivity contribution is -0.132. The molecular weight excluding hydrogens is 363 g/mol. The SMILES string of the molecule is Cl.NC1(C(=O)N2C[C@H]3C[C@@H](Oc4cccc(Cl)c4)[C@H](O)C[C@H]3C2)CC1. The fourth-order valence-corrected chi connectivity index (χ4v) is 4.24. The summed E-state index contributed by atoms with van der Waals surface area (Å²) in [5.41, 5.74) is 5.44. The average Bonchev–Trinajstić information content (AvgIpc) is 3.16. The Morgan fingerprint density at radius 3 is 2.60 bits per heavy atom. The summed E-state index contributed by atoms with van der Waals surface area (Å²) < 4.78 is 5.97. The number of halogens is 2. The van der Waals surface area contributed by atoms with E-state index in [1.165, 1.54) is 0 Å². The van der Waals surface area contributed by atoms with Gasteiger partial charge in [-0.05, 0) is 55.7 Å². The van der Waals surface area contributed by atoms with Crippen molar-refractivity contribution >= 4 is 29.9 Å². The third kappa shape index (κ3) is 3.75. The third-order valence-electron chi connectivity index (χ3n) is 5.67. The molecule has 2 saturated carbocycles. The Morgan fingerprint density at radius 2 is 1.96 bits per heavy atom. The smallest absolute Gasteiger partial charge is 0.242 e. The number of aliphatic hydroxyl groups is 1. The average molecular weight is 387 g/mol. The summed E-state index contributed by atoms with van der Waals surface area (Å²) in [6.07, 6.45) is 2.22. The predicted molar refractivity (Wildman–Crippen MR) is 98.1 cm³/mol. The van der Waals surface area contributed by atoms with Gasteiger partial charge in [0.05, 0.1) is 11.6 Å². The van der Waals surface area contributed by atoms with E-state index in [1.807, 2.05) is 17.0 Å². The highest BCUT2D eigenvalue weighted by Gasteiger charge is 2.52. The van der Waals surface area contributed by atoms with Crippen molar-refractivity contribution in [3.05, 3.63) is 29.3 Å². The molecule has 0 bridgehead atoms. The predicted octanol–water partition coefficient (Wildman–Crippen LogP) is 2.23. The minimum atomic E-state index is -0.608. The van der Waals surface area contributed by atoms with Crippen molar-refractivity contribution in [1.82, 2.24) is 4.90 Å². The molecule has 3 N–H and O–H groups in total. The second-order valence-corrected chi connectivity index (χ2v) is 7.98. The number of ether oxygens (including phenoxy) is 1. The van der Waals surface area contributed by atoms with E-state index in [-0.39, 0.29) is 24.4 Å². The van der Waals surface area contributed by atoms with E-state index in [2.05, 4.69) is 0 Å². The van der Waals surface area contributed by atoms with E-state index in [0.717, 1.165) is 25.8 Å². The molecule has 0 spiro atoms. The Labute approximate surface area is 158 Å². The Kier molecular flexibility index (Phi) is 5.22. The van der Waals surface area contributed by atoms with Gasteiger partial charge in [-0.15, -0.1) is 12.4 Å². The quantitative estimate of drug-likeness (QED) is 0.834. The highest BCUT2D eigenvalue weighted by molar-refractivity contribution is 6.30. The molecule has 4 rings (SSSR count). The van der Waals surface area contributed by atoms with Crippen LogP contribution in [0.15, 0.2) is 24.3 Å². The van der Waals surface area contributed by atoms with Gasteiger partial charge in [0.2, 0.25) is 5.91 Å². The first-order valence-electron chi connectivity index (χ1n) is 8.63. The zero-order chi connectivity index (χ0) is 16.9. The number of hydrogen-bond acceptors (Lipinski definition) is 4. The van der Waals surface area contributed by atoms with Gasteiger partial charge in [0, 0.05) is 18.1 Å². The fraction of sp³-hybridized carbons (Fsp3) is 0.611. The number of hydrogen-bond donors (Lipinski definition) is 2. The number of amides is 1. The fourth-order valence-electron chi connectivity index (χ4n) is 4.06. The van der Waals surface area contributed by atoms with Crippen LogP contribution in [0, 0.1) is 11.8 Å². The molecule has 138 valence electrons. The molecule has 2 aliphatic carbocycles. The van der Waals surface area contributed by atoms with Crippen LogP contribution < -0.4 is 10.5 Å². The van der Waals surface area contributed by atoms with E-state index in [0.29, 0.717) is 35.6 Å². The molecule has 3 fully saturated rings. The van der Waals surface area contributed by atoms with E-state index < -0.39 is 11.6 Å². The molecular formula is C18H24Cl2N2O3. The molecule has 1 aliphatic heterocycles. The molecule has 7 heteroatoms. The number of nitrogens with zero attached hydrogens (tertiary/aromatic N) is 1. The maximum absolute atomic E-state index is 12.5. The van der Waals surface area contributed by atoms with Crippen LogP contribution in [-0.4, -0.2) is 46.7 Å². The van der Waals surface area contributed by atoms with Crippen molar-refractivity contribution in [3.8, 4) is 5.75 Å². The maximum Gasteiger partial charge on any atom is 0.242 e. The lowest BCUT2D eigenvalue weighted by atomic mass is 9.78. The third-order valence-corrected chi connectivity index (χ3v) is 5.91. The monoisotopic (exact) mass is 386 g/mol. The number of carbonyl (C=O) groups is 1. The van der Waals surface area contributed by atoms with Gasteiger partial charge in [-0.25, -0.2) is 0 Å². The van der Waals surface area contributed by atoms with Crippen molar-refractivity contribution in [2.75, 3.05) is 13.1 Å². The highest BCUT2D eigenvalue weighted by Crippen LogP contribution is 2.41. The van der Waals surface area contributed by atoms with Gasteiger partial charge in [-0.2, -0.15) is 0 Å². The molecule has 1 amide bonds. The number of rotatable bonds is 3. The lowest BCUT2D eigenvalue weighted by Crippen LogP contribution is -2.44. The number of aliphatic hydroxyl groups excluding tert-OH is 1. The van der Waals surface area contributed by atoms with Crippen molar-refractivity contribution in [2.24, 2.45) is 17.6 Å². The van der Waals surface area contributed by atoms with Crippen molar-refractivity contribution < 1.29 is 14.6 Å². The molecule has 0 radical (unpaired) electrons. The van der Waals surface area contributed by atoms with Gasteiger partial charge < -0.3 is 20.5 Å². The van der Waals surface area contributed by atoms with Crippen molar-refractivity contribution in [3.63, 3.8) is 0 Å². The van der Waals surface area contributed by atoms with Crippen LogP contribution in [0.25, 0.3) is 0 Å². The number of fused-ring (bicyclic) bond motifs is 1. The standard InChI is InChI=1S/C18H23ClN2O3.ClH/c19-13-2-1-3-14(8-13)24-16-7-12-10-21(9-11(12)6-15(16)22)17(23)18(20)4-5-18;/h1-3,8,11-12,15-16,22H,4-7,9-10,20H2;1H/t11-,12+,15+,16+;/m0./s1. The molecule has 25 heavy (non-hydrogen) atoms. The van der Waals surface area contributed by atoms with Crippen molar-refractivity contribution in [1.29, 1.82) is 0 Å². The van der Waals surface area contributed by atoms with Gasteiger partial charge in [0.25, 0.3) is 0 Å². The van der Waals surface area contributed by atoms with E-state index in [1.54, 1.807) is 12.1 Å².